The van der Waals surface area contributed by atoms with Gasteiger partial charge in [-0.05, 0) is 69.0 Å². The summed E-state index contributed by atoms with van der Waals surface area (Å²) in [5.74, 6) is 1.96. The number of likely N-dealkylation sites (tertiary alicyclic amines) is 1. The number of hydrogen-bond acceptors (Lipinski definition) is 8. The Morgan fingerprint density at radius 2 is 1.96 bits per heavy atom. The van der Waals surface area contributed by atoms with E-state index in [2.05, 4.69) is 27.3 Å². The molecule has 6 rings (SSSR count). The number of benzene rings is 2. The molecule has 45 heavy (non-hydrogen) atoms. The third kappa shape index (κ3) is 6.44. The topological polar surface area (TPSA) is 161 Å². The molecule has 2 saturated heterocycles. The minimum absolute atomic E-state index is 0.0182. The molecular formula is C32H40N8O4S. The second-order valence-electron chi connectivity index (χ2n) is 11.6. The number of nitrogens with zero attached hydrogens (tertiary/aromatic N) is 5. The van der Waals surface area contributed by atoms with Gasteiger partial charge in [-0.25, -0.2) is 4.98 Å². The van der Waals surface area contributed by atoms with Crippen molar-refractivity contribution >= 4 is 57.9 Å². The Bertz CT molecular complexity index is 1630. The Morgan fingerprint density at radius 1 is 1.13 bits per heavy atom. The molecule has 2 unspecified atom stereocenters. The first-order valence-corrected chi connectivity index (χ1v) is 16.8. The van der Waals surface area contributed by atoms with Crippen LogP contribution in [0.2, 0.25) is 0 Å². The summed E-state index contributed by atoms with van der Waals surface area (Å²) in [6.45, 7) is 5.33. The molecule has 1 aromatic heterocycles. The minimum Gasteiger partial charge on any atom is -0.466 e. The molecule has 3 aliphatic heterocycles. The minimum atomic E-state index is -0.560. The molecule has 0 saturated carbocycles. The smallest absolute Gasteiger partial charge is 0.310 e. The van der Waals surface area contributed by atoms with Crippen LogP contribution in [0.4, 0.5) is 11.4 Å². The van der Waals surface area contributed by atoms with Crippen LogP contribution in [0.25, 0.3) is 22.4 Å². The number of guanidine groups is 1. The van der Waals surface area contributed by atoms with E-state index >= 15 is 0 Å². The maximum Gasteiger partial charge on any atom is 0.310 e. The number of carbonyl (C=O) groups is 3. The molecular weight excluding hydrogens is 592 g/mol. The summed E-state index contributed by atoms with van der Waals surface area (Å²) in [5.41, 5.74) is 15.6. The highest BCUT2D eigenvalue weighted by molar-refractivity contribution is 7.99. The zero-order chi connectivity index (χ0) is 31.5. The van der Waals surface area contributed by atoms with Crippen LogP contribution < -0.4 is 21.7 Å². The normalized spacial score (nSPS) is 19.7. The zero-order valence-corrected chi connectivity index (χ0v) is 26.4. The molecule has 0 aliphatic carbocycles. The number of amides is 2. The number of nitrogens with two attached hydrogens (primary N) is 2. The van der Waals surface area contributed by atoms with E-state index in [1.54, 1.807) is 24.0 Å². The molecule has 0 spiro atoms. The van der Waals surface area contributed by atoms with Crippen molar-refractivity contribution < 1.29 is 19.1 Å². The van der Waals surface area contributed by atoms with Crippen LogP contribution in [0.1, 0.15) is 49.0 Å². The van der Waals surface area contributed by atoms with E-state index in [0.717, 1.165) is 47.8 Å². The van der Waals surface area contributed by atoms with Gasteiger partial charge in [-0.15, -0.1) is 0 Å². The summed E-state index contributed by atoms with van der Waals surface area (Å²) >= 11 is 1.95. The first-order valence-electron chi connectivity index (χ1n) is 15.6. The summed E-state index contributed by atoms with van der Waals surface area (Å²) < 4.78 is 7.22. The van der Waals surface area contributed by atoms with Gasteiger partial charge in [0.2, 0.25) is 5.91 Å². The van der Waals surface area contributed by atoms with Crippen LogP contribution in [-0.4, -0.2) is 89.0 Å². The molecule has 12 nitrogen and oxygen atoms in total. The lowest BCUT2D eigenvalue weighted by Crippen LogP contribution is -2.42. The maximum absolute atomic E-state index is 13.8. The monoisotopic (exact) mass is 632 g/mol. The number of nitrogens with one attached hydrogen (secondary N) is 1. The lowest BCUT2D eigenvalue weighted by atomic mass is 9.97. The molecule has 2 atom stereocenters. The number of hydrogen-bond donors (Lipinski definition) is 3. The number of esters is 1. The van der Waals surface area contributed by atoms with Crippen molar-refractivity contribution in [3.8, 4) is 11.4 Å². The Labute approximate surface area is 266 Å². The van der Waals surface area contributed by atoms with Crippen molar-refractivity contribution in [2.24, 2.45) is 22.4 Å². The SMILES string of the molecule is CCOC(=O)C1CCCN(C(=O)c2ccc3c(c2)nc2n3C(CCCN=C(N)N)C(=O)Nc3ccc(N4CCSCC4)cc3-2)C1. The number of imidazole rings is 1. The number of carbonyl (C=O) groups excluding carboxylic acids is 3. The molecule has 0 bridgehead atoms. The van der Waals surface area contributed by atoms with Crippen LogP contribution in [0.5, 0.6) is 0 Å². The number of anilines is 2. The lowest BCUT2D eigenvalue weighted by molar-refractivity contribution is -0.149. The van der Waals surface area contributed by atoms with Crippen molar-refractivity contribution in [3.05, 3.63) is 42.0 Å². The summed E-state index contributed by atoms with van der Waals surface area (Å²) in [6, 6.07) is 11.0. The van der Waals surface area contributed by atoms with Crippen LogP contribution in [-0.2, 0) is 14.3 Å². The fourth-order valence-electron chi connectivity index (χ4n) is 6.46. The molecule has 13 heteroatoms. The van der Waals surface area contributed by atoms with Gasteiger partial charge >= 0.3 is 5.97 Å². The Kier molecular flexibility index (Phi) is 9.15. The number of fused-ring (bicyclic) bond motifs is 5. The van der Waals surface area contributed by atoms with Gasteiger partial charge in [-0.2, -0.15) is 11.8 Å². The average Bonchev–Trinajstić information content (AvgIpc) is 3.38. The number of aliphatic imine (C=N–C) groups is 1. The van der Waals surface area contributed by atoms with Gasteiger partial charge in [0, 0.05) is 61.0 Å². The number of aromatic nitrogens is 2. The van der Waals surface area contributed by atoms with Gasteiger partial charge in [0.15, 0.2) is 5.96 Å². The predicted octanol–water partition coefficient (Wildman–Crippen LogP) is 3.22. The van der Waals surface area contributed by atoms with Crippen molar-refractivity contribution in [1.29, 1.82) is 0 Å². The lowest BCUT2D eigenvalue weighted by Gasteiger charge is -2.31. The van der Waals surface area contributed by atoms with Crippen LogP contribution >= 0.6 is 11.8 Å². The highest BCUT2D eigenvalue weighted by Gasteiger charge is 2.33. The first kappa shape index (κ1) is 30.8. The van der Waals surface area contributed by atoms with Gasteiger partial charge in [0.05, 0.1) is 29.2 Å². The summed E-state index contributed by atoms with van der Waals surface area (Å²) in [4.78, 5) is 53.1. The van der Waals surface area contributed by atoms with Crippen molar-refractivity contribution in [1.82, 2.24) is 14.5 Å². The zero-order valence-electron chi connectivity index (χ0n) is 25.5. The largest absolute Gasteiger partial charge is 0.466 e. The highest BCUT2D eigenvalue weighted by atomic mass is 32.2. The van der Waals surface area contributed by atoms with Gasteiger partial charge < -0.3 is 35.9 Å². The first-order chi connectivity index (χ1) is 21.8. The van der Waals surface area contributed by atoms with Gasteiger partial charge in [-0.3, -0.25) is 19.4 Å². The Hall–Kier alpha value is -4.26. The molecule has 5 N–H and O–H groups in total. The van der Waals surface area contributed by atoms with E-state index in [4.69, 9.17) is 21.2 Å². The molecule has 0 radical (unpaired) electrons. The molecule has 238 valence electrons. The third-order valence-corrected chi connectivity index (χ3v) is 9.63. The molecule has 3 aromatic rings. The summed E-state index contributed by atoms with van der Waals surface area (Å²) in [7, 11) is 0. The standard InChI is InChI=1S/C32H40N8O4S/c1-2-44-31(43)21-5-4-12-39(19-21)30(42)20-7-10-26-25(17-20)36-28-23-18-22(38-13-15-45-16-14-38)8-9-24(23)37-29(41)27(40(26)28)6-3-11-35-32(33)34/h7-10,17-18,21,27H,2-6,11-16,19H2,1H3,(H,37,41)(H4,33,34,35). The predicted molar refractivity (Wildman–Crippen MR) is 178 cm³/mol. The van der Waals surface area contributed by atoms with Crippen molar-refractivity contribution in [2.45, 2.75) is 38.6 Å². The van der Waals surface area contributed by atoms with E-state index < -0.39 is 6.04 Å². The van der Waals surface area contributed by atoms with Gasteiger partial charge in [0.25, 0.3) is 5.91 Å². The Morgan fingerprint density at radius 3 is 2.73 bits per heavy atom. The van der Waals surface area contributed by atoms with Gasteiger partial charge in [-0.1, -0.05) is 0 Å². The second kappa shape index (κ2) is 13.4. The van der Waals surface area contributed by atoms with E-state index in [9.17, 15) is 14.4 Å². The van der Waals surface area contributed by atoms with E-state index in [1.807, 2.05) is 28.5 Å². The van der Waals surface area contributed by atoms with E-state index in [-0.39, 0.29) is 29.7 Å². The highest BCUT2D eigenvalue weighted by Crippen LogP contribution is 2.40. The number of piperidine rings is 1. The summed E-state index contributed by atoms with van der Waals surface area (Å²) in [6.07, 6.45) is 2.53. The Balaban J connectivity index is 1.38. The van der Waals surface area contributed by atoms with Crippen molar-refractivity contribution in [2.75, 3.05) is 61.1 Å². The number of rotatable bonds is 8. The number of ether oxygens (including phenoxy) is 1. The van der Waals surface area contributed by atoms with Crippen LogP contribution in [0.3, 0.4) is 0 Å². The fourth-order valence-corrected chi connectivity index (χ4v) is 7.37. The number of thioether (sulfide) groups is 1. The van der Waals surface area contributed by atoms with E-state index in [0.29, 0.717) is 68.1 Å². The molecule has 2 aromatic carbocycles. The fraction of sp³-hybridized carbons (Fsp3) is 0.469. The van der Waals surface area contributed by atoms with Crippen LogP contribution in [0.15, 0.2) is 41.4 Å². The van der Waals surface area contributed by atoms with Crippen molar-refractivity contribution in [3.63, 3.8) is 0 Å². The maximum atomic E-state index is 13.8. The second-order valence-corrected chi connectivity index (χ2v) is 12.9. The molecule has 2 amide bonds. The third-order valence-electron chi connectivity index (χ3n) is 8.69. The van der Waals surface area contributed by atoms with E-state index in [1.165, 1.54) is 0 Å². The quantitative estimate of drug-likeness (QED) is 0.147. The molecule has 2 fully saturated rings. The molecule has 3 aliphatic rings. The van der Waals surface area contributed by atoms with Crippen LogP contribution in [0, 0.1) is 5.92 Å². The summed E-state index contributed by atoms with van der Waals surface area (Å²) in [5, 5.41) is 3.14. The molecule has 4 heterocycles. The average molecular weight is 633 g/mol. The van der Waals surface area contributed by atoms with Gasteiger partial charge in [0.1, 0.15) is 11.9 Å².